The number of anilines is 1. The molecule has 0 aliphatic rings. The molecule has 0 bridgehead atoms. The molecule has 0 atom stereocenters. The number of nitrogens with zero attached hydrogens (tertiary/aromatic N) is 1. The van der Waals surface area contributed by atoms with Crippen LogP contribution < -0.4 is 16.2 Å². The SMILES string of the molecule is COC(=O)CCCNC(=O)Nc1cccn(CC(F)(F)F)c1=O. The zero-order valence-electron chi connectivity index (χ0n) is 12.3. The second-order valence-electron chi connectivity index (χ2n) is 4.53. The summed E-state index contributed by atoms with van der Waals surface area (Å²) in [7, 11) is 1.24. The second-order valence-corrected chi connectivity index (χ2v) is 4.53. The Hall–Kier alpha value is -2.52. The van der Waals surface area contributed by atoms with E-state index in [-0.39, 0.29) is 18.7 Å². The lowest BCUT2D eigenvalue weighted by Crippen LogP contribution is -2.34. The van der Waals surface area contributed by atoms with Gasteiger partial charge in [-0.25, -0.2) is 4.79 Å². The second kappa shape index (κ2) is 8.20. The number of pyridine rings is 1. The van der Waals surface area contributed by atoms with E-state index in [1.54, 1.807) is 0 Å². The van der Waals surface area contributed by atoms with Gasteiger partial charge in [-0.2, -0.15) is 13.2 Å². The summed E-state index contributed by atoms with van der Waals surface area (Å²) in [6.45, 7) is -1.30. The van der Waals surface area contributed by atoms with E-state index in [2.05, 4.69) is 15.4 Å². The van der Waals surface area contributed by atoms with Crippen LogP contribution in [0, 0.1) is 0 Å². The lowest BCUT2D eigenvalue weighted by atomic mass is 10.3. The number of amides is 2. The van der Waals surface area contributed by atoms with Gasteiger partial charge in [0.1, 0.15) is 12.2 Å². The molecule has 1 aromatic heterocycles. The number of nitrogens with one attached hydrogen (secondary N) is 2. The van der Waals surface area contributed by atoms with E-state index in [9.17, 15) is 27.6 Å². The molecule has 0 saturated heterocycles. The van der Waals surface area contributed by atoms with Gasteiger partial charge in [0.15, 0.2) is 0 Å². The number of carbonyl (C=O) groups excluding carboxylic acids is 2. The molecular weight excluding hydrogens is 319 g/mol. The number of carbonyl (C=O) groups is 2. The first-order chi connectivity index (χ1) is 10.7. The molecule has 0 radical (unpaired) electrons. The number of rotatable bonds is 6. The van der Waals surface area contributed by atoms with Gasteiger partial charge in [0.05, 0.1) is 7.11 Å². The van der Waals surface area contributed by atoms with Gasteiger partial charge in [-0.3, -0.25) is 9.59 Å². The highest BCUT2D eigenvalue weighted by molar-refractivity contribution is 5.88. The Balaban J connectivity index is 2.57. The molecule has 1 heterocycles. The Morgan fingerprint density at radius 1 is 1.35 bits per heavy atom. The van der Waals surface area contributed by atoms with E-state index in [0.717, 1.165) is 6.20 Å². The molecule has 0 aromatic carbocycles. The number of aromatic nitrogens is 1. The van der Waals surface area contributed by atoms with Crippen LogP contribution in [0.1, 0.15) is 12.8 Å². The topological polar surface area (TPSA) is 89.4 Å². The molecule has 0 aliphatic carbocycles. The molecule has 2 N–H and O–H groups in total. The minimum Gasteiger partial charge on any atom is -0.469 e. The fraction of sp³-hybridized carbons (Fsp3) is 0.462. The number of ether oxygens (including phenoxy) is 1. The zero-order valence-corrected chi connectivity index (χ0v) is 12.3. The number of alkyl halides is 3. The smallest absolute Gasteiger partial charge is 0.406 e. The lowest BCUT2D eigenvalue weighted by Gasteiger charge is -2.11. The first-order valence-electron chi connectivity index (χ1n) is 6.61. The van der Waals surface area contributed by atoms with E-state index in [4.69, 9.17) is 0 Å². The Labute approximate surface area is 129 Å². The number of hydrogen-bond donors (Lipinski definition) is 2. The number of esters is 1. The molecule has 0 spiro atoms. The predicted molar refractivity (Wildman–Crippen MR) is 75.0 cm³/mol. The van der Waals surface area contributed by atoms with Crippen molar-refractivity contribution in [1.29, 1.82) is 0 Å². The monoisotopic (exact) mass is 335 g/mol. The standard InChI is InChI=1S/C13H16F3N3O4/c1-23-10(20)5-2-6-17-12(22)18-9-4-3-7-19(11(9)21)8-13(14,15)16/h3-4,7H,2,5-6,8H2,1H3,(H2,17,18,22). The maximum absolute atomic E-state index is 12.3. The Bertz CT molecular complexity index is 613. The van der Waals surface area contributed by atoms with Gasteiger partial charge >= 0.3 is 18.2 Å². The summed E-state index contributed by atoms with van der Waals surface area (Å²) in [6.07, 6.45) is -3.12. The average molecular weight is 335 g/mol. The Kier molecular flexibility index (Phi) is 6.61. The van der Waals surface area contributed by atoms with E-state index >= 15 is 0 Å². The highest BCUT2D eigenvalue weighted by atomic mass is 19.4. The first kappa shape index (κ1) is 18.5. The van der Waals surface area contributed by atoms with Crippen molar-refractivity contribution < 1.29 is 27.5 Å². The van der Waals surface area contributed by atoms with Crippen LogP contribution in [0.4, 0.5) is 23.7 Å². The quantitative estimate of drug-likeness (QED) is 0.609. The minimum atomic E-state index is -4.54. The summed E-state index contributed by atoms with van der Waals surface area (Å²) >= 11 is 0. The van der Waals surface area contributed by atoms with Gasteiger partial charge in [0.25, 0.3) is 5.56 Å². The van der Waals surface area contributed by atoms with E-state index in [1.807, 2.05) is 0 Å². The molecule has 1 rings (SSSR count). The average Bonchev–Trinajstić information content (AvgIpc) is 2.46. The van der Waals surface area contributed by atoms with Crippen molar-refractivity contribution in [2.75, 3.05) is 19.0 Å². The fourth-order valence-electron chi connectivity index (χ4n) is 1.65. The van der Waals surface area contributed by atoms with E-state index < -0.39 is 30.3 Å². The lowest BCUT2D eigenvalue weighted by molar-refractivity contribution is -0.141. The molecule has 128 valence electrons. The summed E-state index contributed by atoms with van der Waals surface area (Å²) < 4.78 is 41.8. The number of urea groups is 1. The molecule has 0 fully saturated rings. The van der Waals surface area contributed by atoms with Crippen LogP contribution in [0.3, 0.4) is 0 Å². The van der Waals surface area contributed by atoms with Crippen LogP contribution in [0.25, 0.3) is 0 Å². The van der Waals surface area contributed by atoms with Gasteiger partial charge in [-0.05, 0) is 18.6 Å². The van der Waals surface area contributed by atoms with Gasteiger partial charge in [0, 0.05) is 19.2 Å². The third-order valence-corrected chi connectivity index (χ3v) is 2.69. The van der Waals surface area contributed by atoms with E-state index in [1.165, 1.54) is 19.2 Å². The van der Waals surface area contributed by atoms with Crippen LogP contribution in [0.5, 0.6) is 0 Å². The molecule has 23 heavy (non-hydrogen) atoms. The third kappa shape index (κ3) is 6.85. The maximum Gasteiger partial charge on any atom is 0.406 e. The van der Waals surface area contributed by atoms with Crippen LogP contribution >= 0.6 is 0 Å². The van der Waals surface area contributed by atoms with Crippen LogP contribution in [0.15, 0.2) is 23.1 Å². The minimum absolute atomic E-state index is 0.112. The van der Waals surface area contributed by atoms with Crippen LogP contribution in [-0.4, -0.2) is 36.4 Å². The Morgan fingerprint density at radius 3 is 2.65 bits per heavy atom. The number of methoxy groups -OCH3 is 1. The van der Waals surface area contributed by atoms with Crippen molar-refractivity contribution in [2.24, 2.45) is 0 Å². The molecule has 1 aromatic rings. The molecule has 0 unspecified atom stereocenters. The molecule has 10 heteroatoms. The van der Waals surface area contributed by atoms with Crippen molar-refractivity contribution in [1.82, 2.24) is 9.88 Å². The van der Waals surface area contributed by atoms with Crippen LogP contribution in [0.2, 0.25) is 0 Å². The Morgan fingerprint density at radius 2 is 2.04 bits per heavy atom. The maximum atomic E-state index is 12.3. The van der Waals surface area contributed by atoms with Gasteiger partial charge in [0.2, 0.25) is 0 Å². The molecular formula is C13H16F3N3O4. The molecule has 7 nitrogen and oxygen atoms in total. The molecule has 0 aliphatic heterocycles. The third-order valence-electron chi connectivity index (χ3n) is 2.69. The highest BCUT2D eigenvalue weighted by Crippen LogP contribution is 2.16. The predicted octanol–water partition coefficient (Wildman–Crippen LogP) is 1.49. The van der Waals surface area contributed by atoms with Crippen molar-refractivity contribution >= 4 is 17.7 Å². The van der Waals surface area contributed by atoms with Gasteiger partial charge in [-0.1, -0.05) is 0 Å². The fourth-order valence-corrected chi connectivity index (χ4v) is 1.65. The number of hydrogen-bond acceptors (Lipinski definition) is 4. The normalized spacial score (nSPS) is 11.0. The van der Waals surface area contributed by atoms with Crippen LogP contribution in [-0.2, 0) is 16.1 Å². The summed E-state index contributed by atoms with van der Waals surface area (Å²) in [5, 5.41) is 4.55. The largest absolute Gasteiger partial charge is 0.469 e. The summed E-state index contributed by atoms with van der Waals surface area (Å²) in [6, 6.07) is 1.67. The zero-order chi connectivity index (χ0) is 17.5. The first-order valence-corrected chi connectivity index (χ1v) is 6.61. The summed E-state index contributed by atoms with van der Waals surface area (Å²) in [5.74, 6) is -0.426. The van der Waals surface area contributed by atoms with Gasteiger partial charge < -0.3 is 19.9 Å². The summed E-state index contributed by atoms with van der Waals surface area (Å²) in [5.41, 5.74) is -1.24. The highest BCUT2D eigenvalue weighted by Gasteiger charge is 2.28. The van der Waals surface area contributed by atoms with Crippen molar-refractivity contribution in [3.8, 4) is 0 Å². The van der Waals surface area contributed by atoms with E-state index in [0.29, 0.717) is 11.0 Å². The van der Waals surface area contributed by atoms with Crippen molar-refractivity contribution in [3.05, 3.63) is 28.7 Å². The number of halogens is 3. The van der Waals surface area contributed by atoms with Crippen molar-refractivity contribution in [2.45, 2.75) is 25.6 Å². The molecule has 0 saturated carbocycles. The molecule has 2 amide bonds. The summed E-state index contributed by atoms with van der Waals surface area (Å²) in [4.78, 5) is 34.2. The van der Waals surface area contributed by atoms with Gasteiger partial charge in [-0.15, -0.1) is 0 Å². The van der Waals surface area contributed by atoms with Crippen molar-refractivity contribution in [3.63, 3.8) is 0 Å².